The molecule has 0 aliphatic carbocycles. The summed E-state index contributed by atoms with van der Waals surface area (Å²) in [6.45, 7) is 0. The van der Waals surface area contributed by atoms with E-state index in [9.17, 15) is 0 Å². The van der Waals surface area contributed by atoms with Crippen molar-refractivity contribution in [2.75, 3.05) is 0 Å². The molecule has 0 bridgehead atoms. The van der Waals surface area contributed by atoms with E-state index in [1.165, 1.54) is 0 Å². The summed E-state index contributed by atoms with van der Waals surface area (Å²) in [7, 11) is 0. The summed E-state index contributed by atoms with van der Waals surface area (Å²) in [5.74, 6) is 0. The Labute approximate surface area is 111 Å². The lowest BCUT2D eigenvalue weighted by atomic mass is 10.0. The highest BCUT2D eigenvalue weighted by Crippen LogP contribution is 2.30. The third kappa shape index (κ3) is 2.24. The zero-order chi connectivity index (χ0) is 12.4. The van der Waals surface area contributed by atoms with E-state index in [1.807, 2.05) is 54.6 Å². The number of oxime groups is 1. The number of halogens is 1. The third-order valence-corrected chi connectivity index (χ3v) is 3.23. The van der Waals surface area contributed by atoms with Crippen molar-refractivity contribution < 1.29 is 4.84 Å². The van der Waals surface area contributed by atoms with E-state index >= 15 is 0 Å². The zero-order valence-electron chi connectivity index (χ0n) is 9.71. The van der Waals surface area contributed by atoms with Gasteiger partial charge in [-0.05, 0) is 23.3 Å². The van der Waals surface area contributed by atoms with Gasteiger partial charge in [-0.1, -0.05) is 59.2 Å². The van der Waals surface area contributed by atoms with Crippen LogP contribution in [0.5, 0.6) is 0 Å². The lowest BCUT2D eigenvalue weighted by molar-refractivity contribution is 0.0857. The van der Waals surface area contributed by atoms with Crippen molar-refractivity contribution in [2.45, 2.75) is 12.5 Å². The Morgan fingerprint density at radius 1 is 1.06 bits per heavy atom. The second kappa shape index (κ2) is 4.83. The molecule has 2 nitrogen and oxygen atoms in total. The molecular formula is C15H12ClNO. The molecule has 1 aliphatic heterocycles. The highest BCUT2D eigenvalue weighted by atomic mass is 35.5. The van der Waals surface area contributed by atoms with Gasteiger partial charge >= 0.3 is 0 Å². The first-order valence-electron chi connectivity index (χ1n) is 5.86. The van der Waals surface area contributed by atoms with Gasteiger partial charge in [0, 0.05) is 11.4 Å². The Bertz CT molecular complexity index is 580. The lowest BCUT2D eigenvalue weighted by Crippen LogP contribution is -2.01. The summed E-state index contributed by atoms with van der Waals surface area (Å²) >= 11 is 5.98. The Morgan fingerprint density at radius 3 is 2.67 bits per heavy atom. The lowest BCUT2D eigenvalue weighted by Gasteiger charge is -2.08. The standard InChI is InChI=1S/C15H12ClNO/c16-13-8-4-7-12(9-13)15-10-14(17-18-15)11-5-2-1-3-6-11/h1-9,15H,10H2. The molecule has 90 valence electrons. The van der Waals surface area contributed by atoms with E-state index in [0.29, 0.717) is 0 Å². The van der Waals surface area contributed by atoms with Crippen molar-refractivity contribution in [1.29, 1.82) is 0 Å². The Kier molecular flexibility index (Phi) is 3.03. The van der Waals surface area contributed by atoms with Gasteiger partial charge in [0.05, 0.1) is 5.71 Å². The van der Waals surface area contributed by atoms with Crippen LogP contribution in [-0.4, -0.2) is 5.71 Å². The maximum atomic E-state index is 5.98. The monoisotopic (exact) mass is 257 g/mol. The van der Waals surface area contributed by atoms with E-state index in [-0.39, 0.29) is 6.10 Å². The maximum Gasteiger partial charge on any atom is 0.158 e. The van der Waals surface area contributed by atoms with Crippen molar-refractivity contribution in [3.63, 3.8) is 0 Å². The van der Waals surface area contributed by atoms with E-state index in [0.717, 1.165) is 28.3 Å². The molecule has 2 aromatic carbocycles. The molecular weight excluding hydrogens is 246 g/mol. The van der Waals surface area contributed by atoms with Crippen LogP contribution in [-0.2, 0) is 4.84 Å². The predicted molar refractivity (Wildman–Crippen MR) is 72.9 cm³/mol. The highest BCUT2D eigenvalue weighted by molar-refractivity contribution is 6.30. The smallest absolute Gasteiger partial charge is 0.158 e. The fraction of sp³-hybridized carbons (Fsp3) is 0.133. The highest BCUT2D eigenvalue weighted by Gasteiger charge is 2.23. The van der Waals surface area contributed by atoms with E-state index in [4.69, 9.17) is 16.4 Å². The Balaban J connectivity index is 1.79. The van der Waals surface area contributed by atoms with Gasteiger partial charge in [-0.3, -0.25) is 0 Å². The molecule has 0 radical (unpaired) electrons. The van der Waals surface area contributed by atoms with Gasteiger partial charge in [0.25, 0.3) is 0 Å². The van der Waals surface area contributed by atoms with Gasteiger partial charge in [-0.2, -0.15) is 0 Å². The number of rotatable bonds is 2. The van der Waals surface area contributed by atoms with Crippen LogP contribution in [0.3, 0.4) is 0 Å². The van der Waals surface area contributed by atoms with Gasteiger partial charge < -0.3 is 4.84 Å². The van der Waals surface area contributed by atoms with E-state index < -0.39 is 0 Å². The molecule has 0 N–H and O–H groups in total. The normalized spacial score (nSPS) is 18.3. The van der Waals surface area contributed by atoms with Crippen molar-refractivity contribution in [2.24, 2.45) is 5.16 Å². The van der Waals surface area contributed by atoms with Crippen LogP contribution in [0.15, 0.2) is 59.8 Å². The molecule has 0 aromatic heterocycles. The maximum absolute atomic E-state index is 5.98. The van der Waals surface area contributed by atoms with Crippen molar-refractivity contribution >= 4 is 17.3 Å². The summed E-state index contributed by atoms with van der Waals surface area (Å²) in [4.78, 5) is 5.49. The molecule has 0 fully saturated rings. The minimum Gasteiger partial charge on any atom is -0.387 e. The molecule has 3 rings (SSSR count). The topological polar surface area (TPSA) is 21.6 Å². The van der Waals surface area contributed by atoms with Gasteiger partial charge in [0.2, 0.25) is 0 Å². The minimum absolute atomic E-state index is 0.0288. The number of hydrogen-bond donors (Lipinski definition) is 0. The molecule has 0 saturated carbocycles. The molecule has 2 aromatic rings. The molecule has 3 heteroatoms. The third-order valence-electron chi connectivity index (χ3n) is 3.00. The van der Waals surface area contributed by atoms with E-state index in [1.54, 1.807) is 0 Å². The minimum atomic E-state index is -0.0288. The van der Waals surface area contributed by atoms with Crippen LogP contribution in [0.4, 0.5) is 0 Å². The van der Waals surface area contributed by atoms with Gasteiger partial charge in [0.1, 0.15) is 0 Å². The number of nitrogens with zero attached hydrogens (tertiary/aromatic N) is 1. The molecule has 0 spiro atoms. The van der Waals surface area contributed by atoms with Crippen molar-refractivity contribution in [1.82, 2.24) is 0 Å². The number of benzene rings is 2. The van der Waals surface area contributed by atoms with Crippen LogP contribution in [0.1, 0.15) is 23.7 Å². The van der Waals surface area contributed by atoms with Crippen molar-refractivity contribution in [3.8, 4) is 0 Å². The SMILES string of the molecule is Clc1cccc(C2CC(c3ccccc3)=NO2)c1. The predicted octanol–water partition coefficient (Wildman–Crippen LogP) is 4.21. The summed E-state index contributed by atoms with van der Waals surface area (Å²) in [5.41, 5.74) is 3.17. The molecule has 0 saturated heterocycles. The van der Waals surface area contributed by atoms with Crippen LogP contribution in [0.25, 0.3) is 0 Å². The van der Waals surface area contributed by atoms with Gasteiger partial charge in [-0.15, -0.1) is 0 Å². The molecule has 0 amide bonds. The fourth-order valence-electron chi connectivity index (χ4n) is 2.06. The Hall–Kier alpha value is -1.80. The average Bonchev–Trinajstić information content (AvgIpc) is 2.89. The average molecular weight is 258 g/mol. The summed E-state index contributed by atoms with van der Waals surface area (Å²) in [5, 5.41) is 4.89. The number of hydrogen-bond acceptors (Lipinski definition) is 2. The van der Waals surface area contributed by atoms with Crippen LogP contribution in [0.2, 0.25) is 5.02 Å². The second-order valence-corrected chi connectivity index (χ2v) is 4.69. The van der Waals surface area contributed by atoms with Crippen molar-refractivity contribution in [3.05, 3.63) is 70.7 Å². The Morgan fingerprint density at radius 2 is 1.89 bits per heavy atom. The summed E-state index contributed by atoms with van der Waals surface area (Å²) in [6, 6.07) is 17.8. The summed E-state index contributed by atoms with van der Waals surface area (Å²) < 4.78 is 0. The molecule has 1 unspecified atom stereocenters. The molecule has 18 heavy (non-hydrogen) atoms. The molecule has 1 aliphatic rings. The quantitative estimate of drug-likeness (QED) is 0.790. The van der Waals surface area contributed by atoms with E-state index in [2.05, 4.69) is 5.16 Å². The molecule has 1 heterocycles. The van der Waals surface area contributed by atoms with Crippen LogP contribution < -0.4 is 0 Å². The van der Waals surface area contributed by atoms with Crippen LogP contribution in [0, 0.1) is 0 Å². The fourth-order valence-corrected chi connectivity index (χ4v) is 2.26. The second-order valence-electron chi connectivity index (χ2n) is 4.26. The summed E-state index contributed by atoms with van der Waals surface area (Å²) in [6.07, 6.45) is 0.753. The first-order valence-corrected chi connectivity index (χ1v) is 6.24. The zero-order valence-corrected chi connectivity index (χ0v) is 10.5. The first-order chi connectivity index (χ1) is 8.83. The molecule has 1 atom stereocenters. The first kappa shape index (κ1) is 11.3. The van der Waals surface area contributed by atoms with Crippen LogP contribution >= 0.6 is 11.6 Å². The largest absolute Gasteiger partial charge is 0.387 e. The van der Waals surface area contributed by atoms with Gasteiger partial charge in [0.15, 0.2) is 6.10 Å². The van der Waals surface area contributed by atoms with Gasteiger partial charge in [-0.25, -0.2) is 0 Å².